The Hall–Kier alpha value is -3.22. The van der Waals surface area contributed by atoms with E-state index >= 15 is 0 Å². The number of nitrogens with one attached hydrogen (secondary N) is 1. The van der Waals surface area contributed by atoms with Gasteiger partial charge < -0.3 is 19.5 Å². The highest BCUT2D eigenvalue weighted by Gasteiger charge is 2.30. The van der Waals surface area contributed by atoms with Gasteiger partial charge in [-0.15, -0.1) is 0 Å². The van der Waals surface area contributed by atoms with Gasteiger partial charge >= 0.3 is 0 Å². The van der Waals surface area contributed by atoms with Gasteiger partial charge in [0.2, 0.25) is 11.7 Å². The van der Waals surface area contributed by atoms with Crippen LogP contribution in [0.15, 0.2) is 35.3 Å². The van der Waals surface area contributed by atoms with Crippen LogP contribution >= 0.6 is 0 Å². The first-order chi connectivity index (χ1) is 14.2. The van der Waals surface area contributed by atoms with Crippen molar-refractivity contribution in [2.45, 2.75) is 19.3 Å². The van der Waals surface area contributed by atoms with E-state index in [1.807, 2.05) is 12.1 Å². The summed E-state index contributed by atoms with van der Waals surface area (Å²) in [7, 11) is 4.58. The van der Waals surface area contributed by atoms with Crippen molar-refractivity contribution < 1.29 is 19.0 Å². The maximum Gasteiger partial charge on any atom is 0.264 e. The zero-order valence-corrected chi connectivity index (χ0v) is 16.9. The second kappa shape index (κ2) is 8.03. The Labute approximate surface area is 170 Å². The Morgan fingerprint density at radius 1 is 1.03 bits per heavy atom. The fourth-order valence-electron chi connectivity index (χ4n) is 4.02. The van der Waals surface area contributed by atoms with Crippen molar-refractivity contribution in [3.63, 3.8) is 0 Å². The summed E-state index contributed by atoms with van der Waals surface area (Å²) in [5.74, 6) is 1.62. The SMILES string of the molecule is COc1ccc(C(=O)N2CCN=C2Nc2cccc3c2CCC3)c(OC)c1OC. The van der Waals surface area contributed by atoms with Crippen LogP contribution in [0.5, 0.6) is 17.2 Å². The van der Waals surface area contributed by atoms with Crippen LogP contribution in [-0.4, -0.2) is 51.2 Å². The van der Waals surface area contributed by atoms with Crippen molar-refractivity contribution in [1.82, 2.24) is 4.90 Å². The minimum Gasteiger partial charge on any atom is -0.493 e. The van der Waals surface area contributed by atoms with Gasteiger partial charge in [-0.1, -0.05) is 12.1 Å². The summed E-state index contributed by atoms with van der Waals surface area (Å²) in [6.07, 6.45) is 3.30. The van der Waals surface area contributed by atoms with Crippen LogP contribution in [0, 0.1) is 0 Å². The zero-order chi connectivity index (χ0) is 20.4. The Morgan fingerprint density at radius 3 is 2.62 bits per heavy atom. The second-order valence-electron chi connectivity index (χ2n) is 6.97. The van der Waals surface area contributed by atoms with Gasteiger partial charge in [0.1, 0.15) is 0 Å². The quantitative estimate of drug-likeness (QED) is 0.842. The van der Waals surface area contributed by atoms with Crippen molar-refractivity contribution in [2.75, 3.05) is 39.7 Å². The molecule has 0 saturated heterocycles. The van der Waals surface area contributed by atoms with E-state index in [1.165, 1.54) is 25.3 Å². The average molecular weight is 395 g/mol. The molecule has 2 aromatic rings. The van der Waals surface area contributed by atoms with E-state index in [2.05, 4.69) is 16.4 Å². The third kappa shape index (κ3) is 3.37. The number of hydrogen-bond donors (Lipinski definition) is 1. The molecular weight excluding hydrogens is 370 g/mol. The first kappa shape index (κ1) is 19.1. The number of anilines is 1. The smallest absolute Gasteiger partial charge is 0.264 e. The molecule has 0 unspecified atom stereocenters. The molecule has 1 amide bonds. The van der Waals surface area contributed by atoms with Crippen LogP contribution < -0.4 is 19.5 Å². The molecule has 1 N–H and O–H groups in total. The average Bonchev–Trinajstić information content (AvgIpc) is 3.41. The molecule has 0 aromatic heterocycles. The van der Waals surface area contributed by atoms with Gasteiger partial charge in [-0.3, -0.25) is 14.7 Å². The van der Waals surface area contributed by atoms with Crippen LogP contribution in [0.1, 0.15) is 27.9 Å². The number of aryl methyl sites for hydroxylation is 1. The van der Waals surface area contributed by atoms with Crippen LogP contribution in [0.25, 0.3) is 0 Å². The summed E-state index contributed by atoms with van der Waals surface area (Å²) in [6, 6.07) is 9.66. The summed E-state index contributed by atoms with van der Waals surface area (Å²) in [4.78, 5) is 19.5. The van der Waals surface area contributed by atoms with Crippen molar-refractivity contribution in [3.8, 4) is 17.2 Å². The predicted octanol–water partition coefficient (Wildman–Crippen LogP) is 3.13. The molecule has 0 atom stereocenters. The van der Waals surface area contributed by atoms with E-state index in [-0.39, 0.29) is 5.91 Å². The van der Waals surface area contributed by atoms with Gasteiger partial charge in [-0.25, -0.2) is 0 Å². The minimum absolute atomic E-state index is 0.195. The molecule has 1 aliphatic heterocycles. The lowest BCUT2D eigenvalue weighted by Crippen LogP contribution is -2.38. The molecule has 2 aliphatic rings. The van der Waals surface area contributed by atoms with E-state index in [1.54, 1.807) is 24.1 Å². The molecule has 7 heteroatoms. The molecule has 0 spiro atoms. The fraction of sp³-hybridized carbons (Fsp3) is 0.364. The van der Waals surface area contributed by atoms with Crippen molar-refractivity contribution in [1.29, 1.82) is 0 Å². The van der Waals surface area contributed by atoms with E-state index in [9.17, 15) is 4.79 Å². The third-order valence-electron chi connectivity index (χ3n) is 5.41. The van der Waals surface area contributed by atoms with Crippen molar-refractivity contribution >= 4 is 17.6 Å². The molecule has 152 valence electrons. The Bertz CT molecular complexity index is 971. The number of hydrogen-bond acceptors (Lipinski definition) is 6. The van der Waals surface area contributed by atoms with E-state index in [0.717, 1.165) is 24.9 Å². The Balaban J connectivity index is 1.63. The molecule has 4 rings (SSSR count). The summed E-state index contributed by atoms with van der Waals surface area (Å²) < 4.78 is 16.2. The van der Waals surface area contributed by atoms with E-state index in [0.29, 0.717) is 41.9 Å². The number of fused-ring (bicyclic) bond motifs is 1. The Morgan fingerprint density at radius 2 is 1.86 bits per heavy atom. The highest BCUT2D eigenvalue weighted by molar-refractivity contribution is 6.12. The molecule has 2 aromatic carbocycles. The fourth-order valence-corrected chi connectivity index (χ4v) is 4.02. The topological polar surface area (TPSA) is 72.4 Å². The summed E-state index contributed by atoms with van der Waals surface area (Å²) >= 11 is 0. The molecular formula is C22H25N3O4. The molecule has 0 saturated carbocycles. The van der Waals surface area contributed by atoms with Gasteiger partial charge in [0, 0.05) is 12.2 Å². The van der Waals surface area contributed by atoms with Gasteiger partial charge in [0.05, 0.1) is 33.4 Å². The first-order valence-corrected chi connectivity index (χ1v) is 9.71. The maximum absolute atomic E-state index is 13.4. The largest absolute Gasteiger partial charge is 0.493 e. The van der Waals surface area contributed by atoms with E-state index < -0.39 is 0 Å². The van der Waals surface area contributed by atoms with Crippen LogP contribution in [0.4, 0.5) is 5.69 Å². The number of carbonyl (C=O) groups excluding carboxylic acids is 1. The molecule has 0 fully saturated rings. The predicted molar refractivity (Wildman–Crippen MR) is 112 cm³/mol. The van der Waals surface area contributed by atoms with Gasteiger partial charge in [-0.05, 0) is 48.6 Å². The molecule has 1 heterocycles. The molecule has 29 heavy (non-hydrogen) atoms. The molecule has 0 bridgehead atoms. The lowest BCUT2D eigenvalue weighted by molar-refractivity contribution is 0.0853. The highest BCUT2D eigenvalue weighted by Crippen LogP contribution is 2.40. The standard InChI is InChI=1S/C22H25N3O4/c1-27-18-11-10-16(19(28-2)20(18)29-3)21(26)25-13-12-23-22(25)24-17-9-5-7-14-6-4-8-15(14)17/h5,7,9-11H,4,6,8,12-13H2,1-3H3,(H,23,24). The number of carbonyl (C=O) groups is 1. The minimum atomic E-state index is -0.195. The highest BCUT2D eigenvalue weighted by atomic mass is 16.5. The third-order valence-corrected chi connectivity index (χ3v) is 5.41. The normalized spacial score (nSPS) is 15.0. The second-order valence-corrected chi connectivity index (χ2v) is 6.97. The summed E-state index contributed by atoms with van der Waals surface area (Å²) in [5.41, 5.74) is 4.11. The van der Waals surface area contributed by atoms with Crippen molar-refractivity contribution in [3.05, 3.63) is 47.0 Å². The van der Waals surface area contributed by atoms with E-state index in [4.69, 9.17) is 14.2 Å². The molecule has 0 radical (unpaired) electrons. The van der Waals surface area contributed by atoms with Crippen LogP contribution in [0.3, 0.4) is 0 Å². The van der Waals surface area contributed by atoms with Gasteiger partial charge in [0.25, 0.3) is 5.91 Å². The maximum atomic E-state index is 13.4. The number of ether oxygens (including phenoxy) is 3. The number of guanidine groups is 1. The van der Waals surface area contributed by atoms with Crippen molar-refractivity contribution in [2.24, 2.45) is 4.99 Å². The lowest BCUT2D eigenvalue weighted by atomic mass is 10.1. The van der Waals surface area contributed by atoms with Gasteiger partial charge in [0.15, 0.2) is 11.5 Å². The van der Waals surface area contributed by atoms with Crippen LogP contribution in [0.2, 0.25) is 0 Å². The number of amides is 1. The lowest BCUT2D eigenvalue weighted by Gasteiger charge is -2.22. The number of aliphatic imine (C=N–C) groups is 1. The first-order valence-electron chi connectivity index (χ1n) is 9.71. The van der Waals surface area contributed by atoms with Crippen LogP contribution in [-0.2, 0) is 12.8 Å². The summed E-state index contributed by atoms with van der Waals surface area (Å²) in [6.45, 7) is 1.06. The zero-order valence-electron chi connectivity index (χ0n) is 16.9. The number of nitrogens with zero attached hydrogens (tertiary/aromatic N) is 2. The van der Waals surface area contributed by atoms with Gasteiger partial charge in [-0.2, -0.15) is 0 Å². The number of rotatable bonds is 5. The summed E-state index contributed by atoms with van der Waals surface area (Å²) in [5, 5.41) is 3.39. The number of methoxy groups -OCH3 is 3. The monoisotopic (exact) mass is 395 g/mol. The molecule has 1 aliphatic carbocycles. The molecule has 7 nitrogen and oxygen atoms in total. The Kier molecular flexibility index (Phi) is 5.29. The number of benzene rings is 2.